The molecule has 0 aromatic heterocycles. The second kappa shape index (κ2) is 6.47. The molecule has 4 nitrogen and oxygen atoms in total. The lowest BCUT2D eigenvalue weighted by molar-refractivity contribution is -0.128. The molecule has 1 aromatic carbocycles. The van der Waals surface area contributed by atoms with Crippen molar-refractivity contribution >= 4 is 17.5 Å². The first-order valence-electron chi connectivity index (χ1n) is 5.46. The summed E-state index contributed by atoms with van der Waals surface area (Å²) in [5.41, 5.74) is 5.39. The average molecular weight is 257 g/mol. The van der Waals surface area contributed by atoms with E-state index in [4.69, 9.17) is 16.3 Å². The van der Waals surface area contributed by atoms with E-state index in [1.807, 2.05) is 13.8 Å². The zero-order chi connectivity index (χ0) is 12.8. The molecule has 0 spiro atoms. The van der Waals surface area contributed by atoms with E-state index < -0.39 is 6.10 Å². The van der Waals surface area contributed by atoms with Crippen molar-refractivity contribution in [3.05, 3.63) is 29.3 Å². The number of benzene rings is 1. The van der Waals surface area contributed by atoms with E-state index in [-0.39, 0.29) is 11.9 Å². The topological polar surface area (TPSA) is 50.4 Å². The molecule has 0 fully saturated rings. The van der Waals surface area contributed by atoms with Crippen LogP contribution in [-0.2, 0) is 4.79 Å². The molecule has 2 N–H and O–H groups in total. The van der Waals surface area contributed by atoms with Crippen LogP contribution in [0, 0.1) is 0 Å². The van der Waals surface area contributed by atoms with Crippen LogP contribution in [0.15, 0.2) is 24.3 Å². The molecule has 0 saturated heterocycles. The molecule has 94 valence electrons. The summed E-state index contributed by atoms with van der Waals surface area (Å²) in [6, 6.07) is 7.12. The van der Waals surface area contributed by atoms with Crippen LogP contribution in [0.5, 0.6) is 5.75 Å². The van der Waals surface area contributed by atoms with Gasteiger partial charge >= 0.3 is 0 Å². The van der Waals surface area contributed by atoms with E-state index in [0.717, 1.165) is 0 Å². The van der Waals surface area contributed by atoms with Gasteiger partial charge in [0.2, 0.25) is 0 Å². The number of nitrogens with one attached hydrogen (secondary N) is 2. The summed E-state index contributed by atoms with van der Waals surface area (Å²) in [5, 5.41) is 0.579. The maximum absolute atomic E-state index is 11.6. The van der Waals surface area contributed by atoms with E-state index in [0.29, 0.717) is 10.8 Å². The molecular weight excluding hydrogens is 240 g/mol. The van der Waals surface area contributed by atoms with Crippen LogP contribution < -0.4 is 15.6 Å². The molecule has 1 amide bonds. The summed E-state index contributed by atoms with van der Waals surface area (Å²) in [6.07, 6.45) is -0.584. The van der Waals surface area contributed by atoms with Crippen molar-refractivity contribution in [1.82, 2.24) is 10.9 Å². The molecule has 1 atom stereocenters. The van der Waals surface area contributed by atoms with Gasteiger partial charge < -0.3 is 4.74 Å². The first-order valence-corrected chi connectivity index (χ1v) is 5.84. The van der Waals surface area contributed by atoms with Crippen LogP contribution in [0.1, 0.15) is 20.8 Å². The van der Waals surface area contributed by atoms with E-state index in [2.05, 4.69) is 10.9 Å². The van der Waals surface area contributed by atoms with Crippen molar-refractivity contribution in [2.45, 2.75) is 32.9 Å². The first-order chi connectivity index (χ1) is 7.99. The van der Waals surface area contributed by atoms with Crippen molar-refractivity contribution < 1.29 is 9.53 Å². The number of carbonyl (C=O) groups excluding carboxylic acids is 1. The van der Waals surface area contributed by atoms with Crippen LogP contribution in [0.25, 0.3) is 0 Å². The zero-order valence-corrected chi connectivity index (χ0v) is 10.9. The van der Waals surface area contributed by atoms with Crippen LogP contribution in [0.3, 0.4) is 0 Å². The second-order valence-corrected chi connectivity index (χ2v) is 4.44. The van der Waals surface area contributed by atoms with Gasteiger partial charge in [0, 0.05) is 11.1 Å². The Morgan fingerprint density at radius 3 is 2.65 bits per heavy atom. The molecule has 0 bridgehead atoms. The Morgan fingerprint density at radius 2 is 2.06 bits per heavy atom. The van der Waals surface area contributed by atoms with E-state index in [9.17, 15) is 4.79 Å². The van der Waals surface area contributed by atoms with Crippen molar-refractivity contribution in [2.75, 3.05) is 0 Å². The lowest BCUT2D eigenvalue weighted by atomic mass is 10.3. The Bertz CT molecular complexity index is 383. The smallest absolute Gasteiger partial charge is 0.274 e. The van der Waals surface area contributed by atoms with Crippen LogP contribution in [0.4, 0.5) is 0 Å². The van der Waals surface area contributed by atoms with Gasteiger partial charge in [-0.1, -0.05) is 17.7 Å². The molecule has 5 heteroatoms. The number of halogens is 1. The number of hydrogen-bond donors (Lipinski definition) is 2. The van der Waals surface area contributed by atoms with Crippen LogP contribution in [0.2, 0.25) is 5.02 Å². The number of hydrazine groups is 1. The van der Waals surface area contributed by atoms with Gasteiger partial charge in [-0.15, -0.1) is 0 Å². The van der Waals surface area contributed by atoms with Gasteiger partial charge in [0.25, 0.3) is 5.91 Å². The molecule has 1 unspecified atom stereocenters. The van der Waals surface area contributed by atoms with Crippen LogP contribution >= 0.6 is 11.6 Å². The SMILES string of the molecule is CC(C)NNC(=O)C(C)Oc1cccc(Cl)c1. The predicted molar refractivity (Wildman–Crippen MR) is 68.0 cm³/mol. The van der Waals surface area contributed by atoms with Gasteiger partial charge in [-0.25, -0.2) is 5.43 Å². The fourth-order valence-corrected chi connectivity index (χ4v) is 1.30. The highest BCUT2D eigenvalue weighted by molar-refractivity contribution is 6.30. The van der Waals surface area contributed by atoms with Gasteiger partial charge in [0.15, 0.2) is 6.10 Å². The van der Waals surface area contributed by atoms with Crippen LogP contribution in [-0.4, -0.2) is 18.1 Å². The minimum Gasteiger partial charge on any atom is -0.481 e. The Hall–Kier alpha value is -1.26. The molecule has 17 heavy (non-hydrogen) atoms. The van der Waals surface area contributed by atoms with E-state index >= 15 is 0 Å². The fraction of sp³-hybridized carbons (Fsp3) is 0.417. The number of rotatable bonds is 5. The number of hydrogen-bond acceptors (Lipinski definition) is 3. The summed E-state index contributed by atoms with van der Waals surface area (Å²) in [6.45, 7) is 5.55. The molecule has 0 aliphatic carbocycles. The molecule has 1 aromatic rings. The molecule has 0 radical (unpaired) electrons. The highest BCUT2D eigenvalue weighted by atomic mass is 35.5. The highest BCUT2D eigenvalue weighted by Crippen LogP contribution is 2.18. The molecule has 0 heterocycles. The molecule has 1 rings (SSSR count). The number of carbonyl (C=O) groups is 1. The summed E-state index contributed by atoms with van der Waals surface area (Å²) in [7, 11) is 0. The maximum atomic E-state index is 11.6. The average Bonchev–Trinajstić information content (AvgIpc) is 2.25. The summed E-state index contributed by atoms with van der Waals surface area (Å²) in [4.78, 5) is 11.6. The molecule has 0 saturated carbocycles. The lowest BCUT2D eigenvalue weighted by Gasteiger charge is -2.16. The number of ether oxygens (including phenoxy) is 1. The Morgan fingerprint density at radius 1 is 1.35 bits per heavy atom. The van der Waals surface area contributed by atoms with Gasteiger partial charge in [0.1, 0.15) is 5.75 Å². The van der Waals surface area contributed by atoms with E-state index in [1.54, 1.807) is 31.2 Å². The third-order valence-electron chi connectivity index (χ3n) is 1.96. The quantitative estimate of drug-likeness (QED) is 0.794. The standard InChI is InChI=1S/C12H17ClN2O2/c1-8(2)14-15-12(16)9(3)17-11-6-4-5-10(13)7-11/h4-9,14H,1-3H3,(H,15,16). The van der Waals surface area contributed by atoms with Gasteiger partial charge in [0.05, 0.1) is 0 Å². The highest BCUT2D eigenvalue weighted by Gasteiger charge is 2.14. The van der Waals surface area contributed by atoms with Crippen molar-refractivity contribution in [1.29, 1.82) is 0 Å². The zero-order valence-electron chi connectivity index (χ0n) is 10.2. The molecule has 0 aliphatic heterocycles. The normalized spacial score (nSPS) is 12.3. The molecular formula is C12H17ClN2O2. The monoisotopic (exact) mass is 256 g/mol. The second-order valence-electron chi connectivity index (χ2n) is 4.01. The summed E-state index contributed by atoms with van der Waals surface area (Å²) in [5.74, 6) is 0.350. The summed E-state index contributed by atoms with van der Waals surface area (Å²) >= 11 is 5.82. The Balaban J connectivity index is 2.48. The molecule has 0 aliphatic rings. The lowest BCUT2D eigenvalue weighted by Crippen LogP contribution is -2.47. The van der Waals surface area contributed by atoms with Gasteiger partial charge in [-0.3, -0.25) is 10.2 Å². The van der Waals surface area contributed by atoms with Gasteiger partial charge in [-0.2, -0.15) is 0 Å². The Kier molecular flexibility index (Phi) is 5.25. The third kappa shape index (κ3) is 5.06. The third-order valence-corrected chi connectivity index (χ3v) is 2.20. The maximum Gasteiger partial charge on any atom is 0.274 e. The first kappa shape index (κ1) is 13.8. The number of amides is 1. The van der Waals surface area contributed by atoms with Crippen molar-refractivity contribution in [3.8, 4) is 5.75 Å². The van der Waals surface area contributed by atoms with Gasteiger partial charge in [-0.05, 0) is 39.0 Å². The van der Waals surface area contributed by atoms with Crippen molar-refractivity contribution in [3.63, 3.8) is 0 Å². The minimum absolute atomic E-state index is 0.178. The minimum atomic E-state index is -0.584. The fourth-order valence-electron chi connectivity index (χ4n) is 1.12. The largest absolute Gasteiger partial charge is 0.481 e. The summed E-state index contributed by atoms with van der Waals surface area (Å²) < 4.78 is 5.45. The van der Waals surface area contributed by atoms with Crippen molar-refractivity contribution in [2.24, 2.45) is 0 Å². The predicted octanol–water partition coefficient (Wildman–Crippen LogP) is 2.14. The Labute approximate surface area is 106 Å². The van der Waals surface area contributed by atoms with E-state index in [1.165, 1.54) is 0 Å².